The van der Waals surface area contributed by atoms with Gasteiger partial charge < -0.3 is 24.8 Å². The van der Waals surface area contributed by atoms with Crippen molar-refractivity contribution < 1.29 is 23.8 Å². The van der Waals surface area contributed by atoms with Crippen LogP contribution < -0.4 is 24.8 Å². The van der Waals surface area contributed by atoms with E-state index in [2.05, 4.69) is 10.6 Å². The Labute approximate surface area is 170 Å². The second kappa shape index (κ2) is 9.82. The van der Waals surface area contributed by atoms with Crippen LogP contribution in [0, 0.1) is 0 Å². The number of hydrogen-bond acceptors (Lipinski definition) is 5. The molecule has 2 amide bonds. The molecule has 154 valence electrons. The van der Waals surface area contributed by atoms with E-state index in [4.69, 9.17) is 14.2 Å². The van der Waals surface area contributed by atoms with E-state index in [-0.39, 0.29) is 18.2 Å². The van der Waals surface area contributed by atoms with Gasteiger partial charge in [0.25, 0.3) is 5.91 Å². The third-order valence-electron chi connectivity index (χ3n) is 4.23. The predicted molar refractivity (Wildman–Crippen MR) is 111 cm³/mol. The van der Waals surface area contributed by atoms with Gasteiger partial charge in [-0.1, -0.05) is 26.0 Å². The standard InChI is InChI=1S/C22H26N2O5/c1-3-11-27-18-10-9-15(13-19(18)28-12-4-2)23-21(25)14-20-22(26)24-16-7-5-6-8-17(16)29-20/h5-10,13,20H,3-4,11-12,14H2,1-2H3,(H,23,25)(H,24,26)/t20-/m1/s1. The lowest BCUT2D eigenvalue weighted by atomic mass is 10.1. The number of ether oxygens (including phenoxy) is 3. The van der Waals surface area contributed by atoms with Crippen LogP contribution in [0.1, 0.15) is 33.1 Å². The number of hydrogen-bond donors (Lipinski definition) is 2. The van der Waals surface area contributed by atoms with Crippen LogP contribution in [0.3, 0.4) is 0 Å². The molecule has 2 N–H and O–H groups in total. The molecule has 0 aromatic heterocycles. The summed E-state index contributed by atoms with van der Waals surface area (Å²) in [5.41, 5.74) is 1.18. The van der Waals surface area contributed by atoms with Gasteiger partial charge in [0, 0.05) is 11.8 Å². The minimum atomic E-state index is -0.882. The summed E-state index contributed by atoms with van der Waals surface area (Å²) in [4.78, 5) is 24.7. The number of nitrogens with one attached hydrogen (secondary N) is 2. The van der Waals surface area contributed by atoms with Crippen LogP contribution in [0.25, 0.3) is 0 Å². The molecule has 29 heavy (non-hydrogen) atoms. The third kappa shape index (κ3) is 5.40. The number of amides is 2. The SMILES string of the molecule is CCCOc1ccc(NC(=O)C[C@H]2Oc3ccccc3NC2=O)cc1OCCC. The number of carbonyl (C=O) groups excluding carboxylic acids is 2. The molecule has 0 saturated heterocycles. The maximum Gasteiger partial charge on any atom is 0.266 e. The second-order valence-electron chi connectivity index (χ2n) is 6.70. The van der Waals surface area contributed by atoms with E-state index < -0.39 is 6.10 Å². The summed E-state index contributed by atoms with van der Waals surface area (Å²) in [5, 5.41) is 5.56. The van der Waals surface area contributed by atoms with E-state index in [1.807, 2.05) is 26.0 Å². The monoisotopic (exact) mass is 398 g/mol. The number of rotatable bonds is 9. The lowest BCUT2D eigenvalue weighted by molar-refractivity contribution is -0.128. The molecule has 2 aromatic carbocycles. The van der Waals surface area contributed by atoms with Gasteiger partial charge in [-0.05, 0) is 37.1 Å². The summed E-state index contributed by atoms with van der Waals surface area (Å²) in [6, 6.07) is 12.4. The average molecular weight is 398 g/mol. The summed E-state index contributed by atoms with van der Waals surface area (Å²) in [5.74, 6) is 1.11. The minimum absolute atomic E-state index is 0.0978. The van der Waals surface area contributed by atoms with Crippen LogP contribution in [-0.2, 0) is 9.59 Å². The molecule has 3 rings (SSSR count). The van der Waals surface area contributed by atoms with Gasteiger partial charge in [-0.25, -0.2) is 0 Å². The van der Waals surface area contributed by atoms with E-state index in [0.717, 1.165) is 12.8 Å². The largest absolute Gasteiger partial charge is 0.490 e. The molecular weight excluding hydrogens is 372 g/mol. The quantitative estimate of drug-likeness (QED) is 0.667. The Hall–Kier alpha value is -3.22. The molecular formula is C22H26N2O5. The van der Waals surface area contributed by atoms with E-state index in [0.29, 0.717) is 41.8 Å². The molecule has 1 aliphatic rings. The van der Waals surface area contributed by atoms with Gasteiger partial charge in [0.15, 0.2) is 17.6 Å². The Kier molecular flexibility index (Phi) is 6.94. The lowest BCUT2D eigenvalue weighted by Gasteiger charge is -2.25. The summed E-state index contributed by atoms with van der Waals surface area (Å²) < 4.78 is 17.1. The fourth-order valence-corrected chi connectivity index (χ4v) is 2.85. The molecule has 0 aliphatic carbocycles. The molecule has 2 aromatic rings. The second-order valence-corrected chi connectivity index (χ2v) is 6.70. The first kappa shape index (κ1) is 20.5. The Balaban J connectivity index is 1.64. The highest BCUT2D eigenvalue weighted by Gasteiger charge is 2.29. The predicted octanol–water partition coefficient (Wildman–Crippen LogP) is 3.99. The third-order valence-corrected chi connectivity index (χ3v) is 4.23. The van der Waals surface area contributed by atoms with Crippen molar-refractivity contribution in [3.63, 3.8) is 0 Å². The Bertz CT molecular complexity index is 868. The van der Waals surface area contributed by atoms with Crippen molar-refractivity contribution in [2.75, 3.05) is 23.8 Å². The zero-order chi connectivity index (χ0) is 20.6. The fraction of sp³-hybridized carbons (Fsp3) is 0.364. The highest BCUT2D eigenvalue weighted by molar-refractivity contribution is 6.02. The van der Waals surface area contributed by atoms with Crippen molar-refractivity contribution in [3.05, 3.63) is 42.5 Å². The van der Waals surface area contributed by atoms with Crippen molar-refractivity contribution in [1.82, 2.24) is 0 Å². The maximum atomic E-state index is 12.5. The number of para-hydroxylation sites is 2. The number of benzene rings is 2. The molecule has 0 unspecified atom stereocenters. The minimum Gasteiger partial charge on any atom is -0.490 e. The summed E-state index contributed by atoms with van der Waals surface area (Å²) in [6.07, 6.45) is 0.768. The molecule has 0 saturated carbocycles. The number of carbonyl (C=O) groups is 2. The van der Waals surface area contributed by atoms with Crippen LogP contribution in [0.2, 0.25) is 0 Å². The summed E-state index contributed by atoms with van der Waals surface area (Å²) >= 11 is 0. The molecule has 0 spiro atoms. The zero-order valence-electron chi connectivity index (χ0n) is 16.7. The van der Waals surface area contributed by atoms with Crippen LogP contribution >= 0.6 is 0 Å². The van der Waals surface area contributed by atoms with Gasteiger partial charge in [-0.15, -0.1) is 0 Å². The molecule has 1 aliphatic heterocycles. The molecule has 1 heterocycles. The van der Waals surface area contributed by atoms with Crippen molar-refractivity contribution in [3.8, 4) is 17.2 Å². The van der Waals surface area contributed by atoms with E-state index >= 15 is 0 Å². The Morgan fingerprint density at radius 2 is 1.79 bits per heavy atom. The first-order valence-corrected chi connectivity index (χ1v) is 9.86. The van der Waals surface area contributed by atoms with E-state index in [1.165, 1.54) is 0 Å². The fourth-order valence-electron chi connectivity index (χ4n) is 2.85. The number of fused-ring (bicyclic) bond motifs is 1. The number of anilines is 2. The molecule has 0 fully saturated rings. The van der Waals surface area contributed by atoms with Crippen molar-refractivity contribution >= 4 is 23.2 Å². The average Bonchev–Trinajstić information content (AvgIpc) is 2.72. The first-order valence-electron chi connectivity index (χ1n) is 9.86. The van der Waals surface area contributed by atoms with E-state index in [1.54, 1.807) is 30.3 Å². The highest BCUT2D eigenvalue weighted by Crippen LogP contribution is 2.32. The van der Waals surface area contributed by atoms with E-state index in [9.17, 15) is 9.59 Å². The molecule has 1 atom stereocenters. The van der Waals surface area contributed by atoms with Gasteiger partial charge in [-0.3, -0.25) is 9.59 Å². The zero-order valence-corrected chi connectivity index (χ0v) is 16.7. The van der Waals surface area contributed by atoms with Crippen molar-refractivity contribution in [2.45, 2.75) is 39.2 Å². The lowest BCUT2D eigenvalue weighted by Crippen LogP contribution is -2.39. The van der Waals surface area contributed by atoms with Crippen molar-refractivity contribution in [2.24, 2.45) is 0 Å². The molecule has 7 nitrogen and oxygen atoms in total. The summed E-state index contributed by atoms with van der Waals surface area (Å²) in [6.45, 7) is 5.19. The van der Waals surface area contributed by atoms with Gasteiger partial charge in [0.1, 0.15) is 5.75 Å². The smallest absolute Gasteiger partial charge is 0.266 e. The van der Waals surface area contributed by atoms with Gasteiger partial charge in [0.2, 0.25) is 5.91 Å². The summed E-state index contributed by atoms with van der Waals surface area (Å²) in [7, 11) is 0. The molecule has 0 radical (unpaired) electrons. The van der Waals surface area contributed by atoms with Crippen LogP contribution in [0.15, 0.2) is 42.5 Å². The van der Waals surface area contributed by atoms with Gasteiger partial charge in [0.05, 0.1) is 25.3 Å². The topological polar surface area (TPSA) is 85.9 Å². The van der Waals surface area contributed by atoms with Crippen LogP contribution in [0.5, 0.6) is 17.2 Å². The molecule has 7 heteroatoms. The molecule has 0 bridgehead atoms. The maximum absolute atomic E-state index is 12.5. The normalized spacial score (nSPS) is 15.0. The Morgan fingerprint density at radius 1 is 1.07 bits per heavy atom. The first-order chi connectivity index (χ1) is 14.1. The van der Waals surface area contributed by atoms with Crippen molar-refractivity contribution in [1.29, 1.82) is 0 Å². The van der Waals surface area contributed by atoms with Crippen LogP contribution in [0.4, 0.5) is 11.4 Å². The van der Waals surface area contributed by atoms with Gasteiger partial charge in [-0.2, -0.15) is 0 Å². The van der Waals surface area contributed by atoms with Gasteiger partial charge >= 0.3 is 0 Å². The Morgan fingerprint density at radius 3 is 2.55 bits per heavy atom. The highest BCUT2D eigenvalue weighted by atomic mass is 16.5. The van der Waals surface area contributed by atoms with Crippen LogP contribution in [-0.4, -0.2) is 31.1 Å².